The van der Waals surface area contributed by atoms with Gasteiger partial charge in [-0.3, -0.25) is 9.52 Å². The van der Waals surface area contributed by atoms with Crippen LogP contribution in [0.25, 0.3) is 6.08 Å². The fourth-order valence-electron chi connectivity index (χ4n) is 2.28. The predicted molar refractivity (Wildman–Crippen MR) is 110 cm³/mol. The van der Waals surface area contributed by atoms with Gasteiger partial charge in [0.15, 0.2) is 0 Å². The van der Waals surface area contributed by atoms with Crippen molar-refractivity contribution in [2.75, 3.05) is 10.0 Å². The van der Waals surface area contributed by atoms with E-state index in [2.05, 4.69) is 10.0 Å². The Hall–Kier alpha value is -2.90. The smallest absolute Gasteiger partial charge is 0.261 e. The second kappa shape index (κ2) is 8.20. The van der Waals surface area contributed by atoms with Crippen molar-refractivity contribution < 1.29 is 13.2 Å². The van der Waals surface area contributed by atoms with E-state index in [9.17, 15) is 13.2 Å². The highest BCUT2D eigenvalue weighted by atomic mass is 32.2. The summed E-state index contributed by atoms with van der Waals surface area (Å²) in [6, 6.07) is 16.9. The fraction of sp³-hybridized carbons (Fsp3) is 0.0500. The van der Waals surface area contributed by atoms with Gasteiger partial charge in [-0.1, -0.05) is 23.8 Å². The average molecular weight is 399 g/mol. The number of amides is 1. The molecule has 0 radical (unpaired) electrons. The molecule has 7 heteroatoms. The van der Waals surface area contributed by atoms with E-state index in [1.807, 2.05) is 24.4 Å². The van der Waals surface area contributed by atoms with Crippen LogP contribution in [0.15, 0.2) is 77.0 Å². The first kappa shape index (κ1) is 18.9. The molecule has 0 saturated heterocycles. The standard InChI is InChI=1S/C20H18N2O3S2/c1-15-4-11-19(12-5-15)27(24,25)22-17-8-6-16(7-9-17)21-20(23)13-10-18-3-2-14-26-18/h2-14,22H,1H3,(H,21,23)/b13-10+. The Bertz CT molecular complexity index is 1040. The van der Waals surface area contributed by atoms with Crippen molar-refractivity contribution >= 4 is 44.7 Å². The number of hydrogen-bond donors (Lipinski definition) is 2. The van der Waals surface area contributed by atoms with Crippen LogP contribution in [0.2, 0.25) is 0 Å². The van der Waals surface area contributed by atoms with E-state index in [1.54, 1.807) is 65.9 Å². The molecule has 0 aliphatic rings. The summed E-state index contributed by atoms with van der Waals surface area (Å²) >= 11 is 1.55. The average Bonchev–Trinajstić information content (AvgIpc) is 3.15. The summed E-state index contributed by atoms with van der Waals surface area (Å²) in [4.78, 5) is 13.1. The second-order valence-corrected chi connectivity index (χ2v) is 8.50. The lowest BCUT2D eigenvalue weighted by Gasteiger charge is -2.09. The predicted octanol–water partition coefficient (Wildman–Crippen LogP) is 4.51. The van der Waals surface area contributed by atoms with Gasteiger partial charge < -0.3 is 5.32 Å². The molecule has 0 bridgehead atoms. The molecule has 2 N–H and O–H groups in total. The van der Waals surface area contributed by atoms with E-state index >= 15 is 0 Å². The van der Waals surface area contributed by atoms with Crippen LogP contribution < -0.4 is 10.0 Å². The quantitative estimate of drug-likeness (QED) is 0.600. The Balaban J connectivity index is 1.63. The third-order valence-corrected chi connectivity index (χ3v) is 5.91. The monoisotopic (exact) mass is 398 g/mol. The zero-order valence-corrected chi connectivity index (χ0v) is 16.2. The number of carbonyl (C=O) groups is 1. The first-order chi connectivity index (χ1) is 12.9. The van der Waals surface area contributed by atoms with Gasteiger partial charge in [0.05, 0.1) is 4.90 Å². The highest BCUT2D eigenvalue weighted by molar-refractivity contribution is 7.92. The first-order valence-electron chi connectivity index (χ1n) is 8.14. The first-order valence-corrected chi connectivity index (χ1v) is 10.5. The lowest BCUT2D eigenvalue weighted by molar-refractivity contribution is -0.111. The van der Waals surface area contributed by atoms with Gasteiger partial charge in [-0.2, -0.15) is 0 Å². The topological polar surface area (TPSA) is 75.3 Å². The summed E-state index contributed by atoms with van der Waals surface area (Å²) in [7, 11) is -3.65. The van der Waals surface area contributed by atoms with Gasteiger partial charge >= 0.3 is 0 Å². The number of rotatable bonds is 6. The Labute approximate surface area is 162 Å². The van der Waals surface area contributed by atoms with E-state index in [4.69, 9.17) is 0 Å². The van der Waals surface area contributed by atoms with Gasteiger partial charge in [0.2, 0.25) is 5.91 Å². The summed E-state index contributed by atoms with van der Waals surface area (Å²) in [5.74, 6) is -0.253. The van der Waals surface area contributed by atoms with Crippen LogP contribution in [-0.2, 0) is 14.8 Å². The van der Waals surface area contributed by atoms with Crippen LogP contribution in [-0.4, -0.2) is 14.3 Å². The van der Waals surface area contributed by atoms with E-state index in [0.717, 1.165) is 10.4 Å². The highest BCUT2D eigenvalue weighted by Gasteiger charge is 2.13. The molecule has 0 aliphatic carbocycles. The molecule has 1 heterocycles. The summed E-state index contributed by atoms with van der Waals surface area (Å²) in [5, 5.41) is 4.67. The molecular formula is C20H18N2O3S2. The molecule has 27 heavy (non-hydrogen) atoms. The Morgan fingerprint density at radius 2 is 1.63 bits per heavy atom. The minimum atomic E-state index is -3.65. The summed E-state index contributed by atoms with van der Waals surface area (Å²) < 4.78 is 27.3. The number of thiophene rings is 1. The number of anilines is 2. The van der Waals surface area contributed by atoms with Crippen molar-refractivity contribution in [2.45, 2.75) is 11.8 Å². The van der Waals surface area contributed by atoms with Crippen molar-refractivity contribution in [1.82, 2.24) is 0 Å². The molecule has 138 valence electrons. The lowest BCUT2D eigenvalue weighted by Crippen LogP contribution is -2.13. The number of hydrogen-bond acceptors (Lipinski definition) is 4. The maximum absolute atomic E-state index is 12.4. The van der Waals surface area contributed by atoms with Gasteiger partial charge in [-0.05, 0) is 60.8 Å². The van der Waals surface area contributed by atoms with Crippen molar-refractivity contribution in [3.63, 3.8) is 0 Å². The normalized spacial score (nSPS) is 11.4. The molecule has 1 amide bonds. The fourth-order valence-corrected chi connectivity index (χ4v) is 3.96. The SMILES string of the molecule is Cc1ccc(S(=O)(=O)Nc2ccc(NC(=O)/C=C/c3cccs3)cc2)cc1. The molecule has 0 unspecified atom stereocenters. The molecule has 0 saturated carbocycles. The van der Waals surface area contributed by atoms with E-state index in [-0.39, 0.29) is 10.8 Å². The molecule has 0 spiro atoms. The lowest BCUT2D eigenvalue weighted by atomic mass is 10.2. The third-order valence-electron chi connectivity index (χ3n) is 3.68. The maximum atomic E-state index is 12.4. The number of aryl methyl sites for hydroxylation is 1. The number of carbonyl (C=O) groups excluding carboxylic acids is 1. The van der Waals surface area contributed by atoms with Gasteiger partial charge in [0, 0.05) is 22.3 Å². The van der Waals surface area contributed by atoms with Crippen molar-refractivity contribution in [3.05, 3.63) is 82.6 Å². The van der Waals surface area contributed by atoms with Crippen LogP contribution in [0.3, 0.4) is 0 Å². The van der Waals surface area contributed by atoms with Crippen molar-refractivity contribution in [3.8, 4) is 0 Å². The second-order valence-electron chi connectivity index (χ2n) is 5.83. The number of sulfonamides is 1. The Morgan fingerprint density at radius 3 is 2.26 bits per heavy atom. The molecular weight excluding hydrogens is 380 g/mol. The van der Waals surface area contributed by atoms with E-state index in [0.29, 0.717) is 11.4 Å². The third kappa shape index (κ3) is 5.29. The molecule has 0 aliphatic heterocycles. The molecule has 0 fully saturated rings. The van der Waals surface area contributed by atoms with E-state index < -0.39 is 10.0 Å². The van der Waals surface area contributed by atoms with Crippen LogP contribution in [0, 0.1) is 6.92 Å². The van der Waals surface area contributed by atoms with Crippen molar-refractivity contribution in [2.24, 2.45) is 0 Å². The highest BCUT2D eigenvalue weighted by Crippen LogP contribution is 2.19. The van der Waals surface area contributed by atoms with Crippen LogP contribution in [0.5, 0.6) is 0 Å². The zero-order chi connectivity index (χ0) is 19.3. The molecule has 2 aromatic carbocycles. The minimum Gasteiger partial charge on any atom is -0.323 e. The summed E-state index contributed by atoms with van der Waals surface area (Å²) in [5.41, 5.74) is 1.99. The van der Waals surface area contributed by atoms with Crippen LogP contribution >= 0.6 is 11.3 Å². The van der Waals surface area contributed by atoms with Crippen molar-refractivity contribution in [1.29, 1.82) is 0 Å². The number of benzene rings is 2. The Kier molecular flexibility index (Phi) is 5.73. The Morgan fingerprint density at radius 1 is 0.963 bits per heavy atom. The molecule has 0 atom stereocenters. The number of nitrogens with one attached hydrogen (secondary N) is 2. The van der Waals surface area contributed by atoms with E-state index in [1.165, 1.54) is 6.08 Å². The maximum Gasteiger partial charge on any atom is 0.261 e. The van der Waals surface area contributed by atoms with Crippen LogP contribution in [0.4, 0.5) is 11.4 Å². The zero-order valence-electron chi connectivity index (χ0n) is 14.5. The van der Waals surface area contributed by atoms with Gasteiger partial charge in [0.1, 0.15) is 0 Å². The molecule has 1 aromatic heterocycles. The largest absolute Gasteiger partial charge is 0.323 e. The van der Waals surface area contributed by atoms with Gasteiger partial charge in [-0.15, -0.1) is 11.3 Å². The van der Waals surface area contributed by atoms with Gasteiger partial charge in [-0.25, -0.2) is 8.42 Å². The molecule has 3 aromatic rings. The molecule has 3 rings (SSSR count). The minimum absolute atomic E-state index is 0.198. The summed E-state index contributed by atoms with van der Waals surface area (Å²) in [6.45, 7) is 1.90. The molecule has 5 nitrogen and oxygen atoms in total. The van der Waals surface area contributed by atoms with Crippen LogP contribution in [0.1, 0.15) is 10.4 Å². The summed E-state index contributed by atoms with van der Waals surface area (Å²) in [6.07, 6.45) is 3.20. The van der Waals surface area contributed by atoms with Gasteiger partial charge in [0.25, 0.3) is 10.0 Å².